The van der Waals surface area contributed by atoms with Gasteiger partial charge >= 0.3 is 8.80 Å². The zero-order valence-electron chi connectivity index (χ0n) is 41.7. The average molecular weight is 1000 g/mol. The van der Waals surface area contributed by atoms with E-state index in [4.69, 9.17) is 17.1 Å². The highest BCUT2D eigenvalue weighted by atomic mass is 29.6. The third-order valence-electron chi connectivity index (χ3n) is 16.9. The van der Waals surface area contributed by atoms with Crippen molar-refractivity contribution in [1.82, 2.24) is 0 Å². The van der Waals surface area contributed by atoms with E-state index in [9.17, 15) is 0 Å². The van der Waals surface area contributed by atoms with Crippen LogP contribution in [0.15, 0.2) is 158 Å². The van der Waals surface area contributed by atoms with E-state index in [2.05, 4.69) is 204 Å². The SMILES string of the molecule is C.CCCC1CC2C=CC1C2.CO[Si](C)([SiH2][Si](C)(c1ccccc1)c1ccccc1)C1CC2C=CC1C2.CO[Si](O[Si](C)(C)c1ccccc1)(O[Si](C)(C)c1ccccc1)C1CC2C=CC1C2. The molecule has 3 saturated carbocycles. The molecule has 0 amide bonds. The molecule has 3 fully saturated rings. The minimum absolute atomic E-state index is 0. The first kappa shape index (κ1) is 52.1. The summed E-state index contributed by atoms with van der Waals surface area (Å²) < 4.78 is 27.3. The van der Waals surface area contributed by atoms with Gasteiger partial charge in [-0.05, 0) is 129 Å². The van der Waals surface area contributed by atoms with Gasteiger partial charge in [0.05, 0.1) is 8.55 Å². The molecule has 4 nitrogen and oxygen atoms in total. The molecule has 0 saturated heterocycles. The second-order valence-corrected chi connectivity index (χ2v) is 54.0. The van der Waals surface area contributed by atoms with Crippen LogP contribution >= 0.6 is 0 Å². The number of fused-ring (bicyclic) bond motifs is 6. The molecule has 4 aromatic carbocycles. The van der Waals surface area contributed by atoms with Crippen LogP contribution in [-0.2, 0) is 17.1 Å². The molecule has 360 valence electrons. The van der Waals surface area contributed by atoms with Crippen molar-refractivity contribution < 1.29 is 17.1 Å². The molecular weight excluding hydrogens is 917 g/mol. The predicted molar refractivity (Wildman–Crippen MR) is 302 cm³/mol. The fraction of sp³-hybridized carbons (Fsp3) is 0.474. The smallest absolute Gasteiger partial charge is 0.424 e. The van der Waals surface area contributed by atoms with Crippen LogP contribution in [0.1, 0.15) is 65.7 Å². The van der Waals surface area contributed by atoms with Gasteiger partial charge in [-0.25, -0.2) is 0 Å². The van der Waals surface area contributed by atoms with Gasteiger partial charge in [0.2, 0.25) is 16.6 Å². The average Bonchev–Trinajstić information content (AvgIpc) is 4.24. The molecule has 0 heterocycles. The molecule has 10 rings (SSSR count). The summed E-state index contributed by atoms with van der Waals surface area (Å²) in [5.41, 5.74) is 1.19. The Kier molecular flexibility index (Phi) is 17.2. The van der Waals surface area contributed by atoms with Crippen molar-refractivity contribution in [2.45, 2.75) is 116 Å². The van der Waals surface area contributed by atoms with E-state index in [0.29, 0.717) is 17.4 Å². The highest BCUT2D eigenvalue weighted by Crippen LogP contribution is 2.54. The van der Waals surface area contributed by atoms with Gasteiger partial charge in [0, 0.05) is 19.8 Å². The van der Waals surface area contributed by atoms with Gasteiger partial charge < -0.3 is 17.1 Å². The molecule has 10 unspecified atom stereocenters. The first-order chi connectivity index (χ1) is 31.7. The Morgan fingerprint density at radius 2 is 0.851 bits per heavy atom. The second kappa shape index (κ2) is 22.1. The summed E-state index contributed by atoms with van der Waals surface area (Å²) in [4.78, 5) is 0. The van der Waals surface area contributed by atoms with Crippen molar-refractivity contribution in [3.05, 3.63) is 158 Å². The maximum absolute atomic E-state index is 7.19. The third kappa shape index (κ3) is 11.6. The monoisotopic (exact) mass is 1000 g/mol. The highest BCUT2D eigenvalue weighted by Gasteiger charge is 2.60. The Labute approximate surface area is 414 Å². The number of allylic oxidation sites excluding steroid dienone is 6. The lowest BCUT2D eigenvalue weighted by atomic mass is 9.90. The number of hydrogen-bond donors (Lipinski definition) is 0. The van der Waals surface area contributed by atoms with Gasteiger partial charge in [-0.15, -0.1) is 0 Å². The number of hydrogen-bond acceptors (Lipinski definition) is 4. The Bertz CT molecular complexity index is 2160. The molecule has 67 heavy (non-hydrogen) atoms. The number of benzene rings is 4. The van der Waals surface area contributed by atoms with Crippen molar-refractivity contribution in [3.8, 4) is 0 Å². The highest BCUT2D eigenvalue weighted by molar-refractivity contribution is 7.58. The van der Waals surface area contributed by atoms with Crippen molar-refractivity contribution in [1.29, 1.82) is 0 Å². The second-order valence-electron chi connectivity index (χ2n) is 22.1. The van der Waals surface area contributed by atoms with E-state index in [1.54, 1.807) is 10.4 Å². The van der Waals surface area contributed by atoms with Crippen LogP contribution in [-0.4, -0.2) is 63.6 Å². The number of rotatable bonds is 16. The van der Waals surface area contributed by atoms with E-state index in [1.165, 1.54) is 55.3 Å². The zero-order valence-corrected chi connectivity index (χ0v) is 48.1. The van der Waals surface area contributed by atoms with Gasteiger partial charge in [0.1, 0.15) is 7.59 Å². The lowest BCUT2D eigenvalue weighted by molar-refractivity contribution is 0.180. The molecule has 0 spiro atoms. The Balaban J connectivity index is 0.000000164. The molecule has 4 aromatic rings. The van der Waals surface area contributed by atoms with E-state index in [-0.39, 0.29) is 16.0 Å². The molecule has 6 bridgehead atoms. The van der Waals surface area contributed by atoms with Gasteiger partial charge in [-0.1, -0.05) is 202 Å². The molecule has 0 radical (unpaired) electrons. The molecule has 0 aliphatic heterocycles. The lowest BCUT2D eigenvalue weighted by Gasteiger charge is -2.45. The van der Waals surface area contributed by atoms with Gasteiger partial charge in [0.25, 0.3) is 0 Å². The minimum atomic E-state index is -2.95. The topological polar surface area (TPSA) is 36.9 Å². The molecule has 6 aliphatic rings. The van der Waals surface area contributed by atoms with E-state index >= 15 is 0 Å². The Morgan fingerprint density at radius 3 is 1.18 bits per heavy atom. The van der Waals surface area contributed by atoms with Crippen molar-refractivity contribution in [2.24, 2.45) is 41.4 Å². The van der Waals surface area contributed by atoms with Crippen molar-refractivity contribution >= 4 is 70.2 Å². The van der Waals surface area contributed by atoms with E-state index in [0.717, 1.165) is 41.6 Å². The van der Waals surface area contributed by atoms with Crippen LogP contribution in [0.3, 0.4) is 0 Å². The first-order valence-corrected chi connectivity index (χ1v) is 42.7. The fourth-order valence-electron chi connectivity index (χ4n) is 13.2. The van der Waals surface area contributed by atoms with Crippen LogP contribution in [0.5, 0.6) is 0 Å². The van der Waals surface area contributed by atoms with Crippen molar-refractivity contribution in [3.63, 3.8) is 0 Å². The molecule has 6 aliphatic carbocycles. The summed E-state index contributed by atoms with van der Waals surface area (Å²) in [5.74, 6) is 5.81. The third-order valence-corrected chi connectivity index (χ3v) is 58.4. The summed E-state index contributed by atoms with van der Waals surface area (Å²) in [5, 5.41) is 5.79. The van der Waals surface area contributed by atoms with Crippen LogP contribution in [0.25, 0.3) is 0 Å². The maximum atomic E-state index is 7.19. The lowest BCUT2D eigenvalue weighted by Crippen LogP contribution is -2.69. The minimum Gasteiger partial charge on any atom is -0.424 e. The van der Waals surface area contributed by atoms with Crippen LogP contribution in [0.4, 0.5) is 0 Å². The summed E-state index contributed by atoms with van der Waals surface area (Å²) in [6.45, 7) is 16.6. The van der Waals surface area contributed by atoms with E-state index < -0.39 is 40.9 Å². The van der Waals surface area contributed by atoms with Gasteiger partial charge in [-0.2, -0.15) is 0 Å². The summed E-state index contributed by atoms with van der Waals surface area (Å²) >= 11 is 0. The van der Waals surface area contributed by atoms with Crippen LogP contribution in [0, 0.1) is 41.4 Å². The summed E-state index contributed by atoms with van der Waals surface area (Å²) in [7, 11) is -7.32. The fourth-order valence-corrected chi connectivity index (χ4v) is 62.0. The maximum Gasteiger partial charge on any atom is 0.484 e. The molecule has 10 heteroatoms. The first-order valence-electron chi connectivity index (χ1n) is 25.5. The summed E-state index contributed by atoms with van der Waals surface area (Å²) in [6.07, 6.45) is 25.6. The normalized spacial score (nSPS) is 27.7. The van der Waals surface area contributed by atoms with E-state index in [1.807, 2.05) is 14.2 Å². The standard InChI is InChI=1S/C24H34O3Si3.C22H30OSi3.C10H16.CH4/c1-25-30(24-19-20-16-17-21(24)18-20,26-28(2,3)22-12-8-6-9-13-22)27-29(4,5)23-14-10-7-11-15-23;1-23-26(3,22-17-18-14-15-19(22)16-18)24-25(2,20-10-6-4-7-11-20)21-12-8-5-9-13-21;1-2-3-9-6-8-4-5-10(9)7-8;/h6-17,20-21,24H,18-19H2,1-5H3;4-15,18-19,22H,16-17,24H2,1-3H3;4-5,8-10H,2-3,6-7H2,1H3;1H4. The Hall–Kier alpha value is -2.76. The predicted octanol–water partition coefficient (Wildman–Crippen LogP) is 11.7. The molecule has 0 N–H and O–H groups in total. The molecule has 10 atom stereocenters. The molecular formula is C57H84O4Si6. The Morgan fingerprint density at radius 1 is 0.463 bits per heavy atom. The van der Waals surface area contributed by atoms with Crippen LogP contribution < -0.4 is 20.7 Å². The van der Waals surface area contributed by atoms with Gasteiger partial charge in [0.15, 0.2) is 7.83 Å². The van der Waals surface area contributed by atoms with Gasteiger partial charge in [-0.3, -0.25) is 0 Å². The zero-order chi connectivity index (χ0) is 46.6. The van der Waals surface area contributed by atoms with Crippen molar-refractivity contribution in [2.75, 3.05) is 14.2 Å². The quantitative estimate of drug-likeness (QED) is 0.0828. The molecule has 0 aromatic heterocycles. The summed E-state index contributed by atoms with van der Waals surface area (Å²) in [6, 6.07) is 44.1. The largest absolute Gasteiger partial charge is 0.484 e. The van der Waals surface area contributed by atoms with Crippen LogP contribution in [0.2, 0.25) is 50.4 Å².